The summed E-state index contributed by atoms with van der Waals surface area (Å²) < 4.78 is 15.9. The van der Waals surface area contributed by atoms with Gasteiger partial charge in [-0.2, -0.15) is 0 Å². The zero-order valence-electron chi connectivity index (χ0n) is 14.5. The molecule has 3 rings (SSSR count). The van der Waals surface area contributed by atoms with Gasteiger partial charge >= 0.3 is 5.97 Å². The van der Waals surface area contributed by atoms with Crippen LogP contribution in [0, 0.1) is 0 Å². The molecule has 1 amide bonds. The van der Waals surface area contributed by atoms with Crippen LogP contribution in [0.5, 0.6) is 11.5 Å². The van der Waals surface area contributed by atoms with E-state index in [0.717, 1.165) is 10.5 Å². The van der Waals surface area contributed by atoms with Crippen molar-refractivity contribution in [1.29, 1.82) is 0 Å². The van der Waals surface area contributed by atoms with E-state index in [2.05, 4.69) is 5.32 Å². The van der Waals surface area contributed by atoms with Gasteiger partial charge in [0.1, 0.15) is 0 Å². The van der Waals surface area contributed by atoms with Crippen molar-refractivity contribution in [2.75, 3.05) is 13.0 Å². The molecule has 26 heavy (non-hydrogen) atoms. The van der Waals surface area contributed by atoms with Crippen LogP contribution in [0.2, 0.25) is 0 Å². The molecule has 6 nitrogen and oxygen atoms in total. The van der Waals surface area contributed by atoms with Gasteiger partial charge in [-0.15, -0.1) is 11.8 Å². The Labute approximate surface area is 155 Å². The lowest BCUT2D eigenvalue weighted by molar-refractivity contribution is -0.129. The number of rotatable bonds is 6. The summed E-state index contributed by atoms with van der Waals surface area (Å²) >= 11 is 1.45. The average molecular weight is 373 g/mol. The van der Waals surface area contributed by atoms with Crippen molar-refractivity contribution in [1.82, 2.24) is 5.32 Å². The molecule has 2 aromatic carbocycles. The Kier molecular flexibility index (Phi) is 5.68. The van der Waals surface area contributed by atoms with Crippen molar-refractivity contribution in [2.24, 2.45) is 0 Å². The first-order valence-electron chi connectivity index (χ1n) is 8.08. The average Bonchev–Trinajstić information content (AvgIpc) is 3.13. The number of hydrogen-bond acceptors (Lipinski definition) is 6. The molecule has 2 aromatic rings. The zero-order valence-corrected chi connectivity index (χ0v) is 15.3. The van der Waals surface area contributed by atoms with Crippen LogP contribution in [0.3, 0.4) is 0 Å². The highest BCUT2D eigenvalue weighted by Crippen LogP contribution is 2.32. The number of carbonyl (C=O) groups is 2. The van der Waals surface area contributed by atoms with Gasteiger partial charge < -0.3 is 19.5 Å². The van der Waals surface area contributed by atoms with Gasteiger partial charge in [-0.25, -0.2) is 4.79 Å². The van der Waals surface area contributed by atoms with Crippen molar-refractivity contribution >= 4 is 23.6 Å². The van der Waals surface area contributed by atoms with E-state index in [0.29, 0.717) is 23.6 Å². The Hall–Kier alpha value is -2.67. The van der Waals surface area contributed by atoms with Gasteiger partial charge in [0.15, 0.2) is 17.6 Å². The predicted molar refractivity (Wildman–Crippen MR) is 97.5 cm³/mol. The summed E-state index contributed by atoms with van der Waals surface area (Å²) in [4.78, 5) is 25.3. The molecule has 0 radical (unpaired) electrons. The van der Waals surface area contributed by atoms with Gasteiger partial charge in [-0.05, 0) is 43.0 Å². The molecule has 0 spiro atoms. The smallest absolute Gasteiger partial charge is 0.340 e. The molecule has 0 aliphatic carbocycles. The summed E-state index contributed by atoms with van der Waals surface area (Å²) in [5.41, 5.74) is 1.32. The van der Waals surface area contributed by atoms with Gasteiger partial charge in [0, 0.05) is 11.4 Å². The maximum absolute atomic E-state index is 12.3. The minimum Gasteiger partial charge on any atom is -0.454 e. The van der Waals surface area contributed by atoms with E-state index in [9.17, 15) is 9.59 Å². The maximum atomic E-state index is 12.3. The van der Waals surface area contributed by atoms with Crippen LogP contribution in [-0.4, -0.2) is 31.0 Å². The van der Waals surface area contributed by atoms with Crippen molar-refractivity contribution in [3.05, 3.63) is 53.6 Å². The van der Waals surface area contributed by atoms with Gasteiger partial charge in [0.25, 0.3) is 5.91 Å². The van der Waals surface area contributed by atoms with Crippen LogP contribution in [0.4, 0.5) is 0 Å². The van der Waals surface area contributed by atoms with E-state index in [1.165, 1.54) is 11.8 Å². The molecule has 7 heteroatoms. The van der Waals surface area contributed by atoms with Crippen molar-refractivity contribution in [2.45, 2.75) is 24.5 Å². The quantitative estimate of drug-likeness (QED) is 0.620. The fourth-order valence-corrected chi connectivity index (χ4v) is 3.06. The number of amides is 1. The fourth-order valence-electron chi connectivity index (χ4n) is 2.47. The highest BCUT2D eigenvalue weighted by atomic mass is 32.2. The normalized spacial score (nSPS) is 13.2. The summed E-state index contributed by atoms with van der Waals surface area (Å²) in [5.74, 6) is 0.470. The van der Waals surface area contributed by atoms with Crippen LogP contribution < -0.4 is 14.8 Å². The monoisotopic (exact) mass is 373 g/mol. The lowest BCUT2D eigenvalue weighted by Gasteiger charge is -2.14. The number of hydrogen-bond donors (Lipinski definition) is 1. The first-order valence-corrected chi connectivity index (χ1v) is 9.31. The highest BCUT2D eigenvalue weighted by molar-refractivity contribution is 7.98. The van der Waals surface area contributed by atoms with Gasteiger partial charge in [-0.1, -0.05) is 18.2 Å². The Bertz CT molecular complexity index is 823. The van der Waals surface area contributed by atoms with E-state index in [4.69, 9.17) is 14.2 Å². The number of thioether (sulfide) groups is 1. The SMILES string of the molecule is CSc1ccccc1C(=O)O[C@@H](C)C(=O)NCc1ccc2c(c1)OCO2. The number of ether oxygens (including phenoxy) is 3. The first-order chi connectivity index (χ1) is 12.6. The number of benzene rings is 2. The third-order valence-electron chi connectivity index (χ3n) is 3.88. The molecule has 1 aliphatic heterocycles. The number of fused-ring (bicyclic) bond motifs is 1. The minimum absolute atomic E-state index is 0.204. The van der Waals surface area contributed by atoms with Crippen LogP contribution in [0.25, 0.3) is 0 Å². The molecule has 0 fully saturated rings. The molecule has 1 N–H and O–H groups in total. The Morgan fingerprint density at radius 2 is 1.96 bits per heavy atom. The van der Waals surface area contributed by atoms with Crippen LogP contribution >= 0.6 is 11.8 Å². The van der Waals surface area contributed by atoms with Crippen LogP contribution in [-0.2, 0) is 16.1 Å². The minimum atomic E-state index is -0.897. The molecule has 0 unspecified atom stereocenters. The molecule has 0 bridgehead atoms. The molecule has 0 aromatic heterocycles. The van der Waals surface area contributed by atoms with Gasteiger partial charge in [0.05, 0.1) is 5.56 Å². The molecule has 1 heterocycles. The topological polar surface area (TPSA) is 73.9 Å². The molecule has 1 aliphatic rings. The van der Waals surface area contributed by atoms with E-state index in [1.54, 1.807) is 25.1 Å². The van der Waals surface area contributed by atoms with Crippen LogP contribution in [0.1, 0.15) is 22.8 Å². The molecule has 136 valence electrons. The summed E-state index contributed by atoms with van der Waals surface area (Å²) in [5, 5.41) is 2.76. The van der Waals surface area contributed by atoms with Gasteiger partial charge in [-0.3, -0.25) is 4.79 Å². The second-order valence-electron chi connectivity index (χ2n) is 5.65. The third-order valence-corrected chi connectivity index (χ3v) is 4.68. The number of carbonyl (C=O) groups excluding carboxylic acids is 2. The van der Waals surface area contributed by atoms with E-state index < -0.39 is 12.1 Å². The molecule has 1 atom stereocenters. The maximum Gasteiger partial charge on any atom is 0.340 e. The highest BCUT2D eigenvalue weighted by Gasteiger charge is 2.21. The Morgan fingerprint density at radius 1 is 1.19 bits per heavy atom. The summed E-state index contributed by atoms with van der Waals surface area (Å²) in [6.07, 6.45) is 0.986. The molecule has 0 saturated carbocycles. The first kappa shape index (κ1) is 18.1. The predicted octanol–water partition coefficient (Wildman–Crippen LogP) is 3.00. The lowest BCUT2D eigenvalue weighted by atomic mass is 10.2. The lowest BCUT2D eigenvalue weighted by Crippen LogP contribution is -2.35. The second-order valence-corrected chi connectivity index (χ2v) is 6.50. The van der Waals surface area contributed by atoms with Crippen molar-refractivity contribution < 1.29 is 23.8 Å². The van der Waals surface area contributed by atoms with Gasteiger partial charge in [0.2, 0.25) is 6.79 Å². The Balaban J connectivity index is 1.55. The molecule has 0 saturated heterocycles. The zero-order chi connectivity index (χ0) is 18.5. The number of nitrogens with one attached hydrogen (secondary N) is 1. The summed E-state index contributed by atoms with van der Waals surface area (Å²) in [7, 11) is 0. The van der Waals surface area contributed by atoms with Crippen LogP contribution in [0.15, 0.2) is 47.4 Å². The Morgan fingerprint density at radius 3 is 2.77 bits per heavy atom. The summed E-state index contributed by atoms with van der Waals surface area (Å²) in [6, 6.07) is 12.6. The third kappa shape index (κ3) is 4.11. The number of esters is 1. The van der Waals surface area contributed by atoms with E-state index in [-0.39, 0.29) is 12.7 Å². The standard InChI is InChI=1S/C19H19NO5S/c1-12(25-19(22)14-5-3-4-6-17(14)26-2)18(21)20-10-13-7-8-15-16(9-13)24-11-23-15/h3-9,12H,10-11H2,1-2H3,(H,20,21)/t12-/m0/s1. The van der Waals surface area contributed by atoms with Crippen molar-refractivity contribution in [3.8, 4) is 11.5 Å². The second kappa shape index (κ2) is 8.14. The van der Waals surface area contributed by atoms with E-state index >= 15 is 0 Å². The molecular formula is C19H19NO5S. The van der Waals surface area contributed by atoms with E-state index in [1.807, 2.05) is 30.5 Å². The van der Waals surface area contributed by atoms with Crippen molar-refractivity contribution in [3.63, 3.8) is 0 Å². The summed E-state index contributed by atoms with van der Waals surface area (Å²) in [6.45, 7) is 2.06. The molecular weight excluding hydrogens is 354 g/mol. The fraction of sp³-hybridized carbons (Fsp3) is 0.263. The largest absolute Gasteiger partial charge is 0.454 e.